The number of piperidine rings is 2. The number of hydrogen-bond acceptors (Lipinski definition) is 4. The first-order chi connectivity index (χ1) is 9.59. The van der Waals surface area contributed by atoms with Gasteiger partial charge in [-0.3, -0.25) is 4.90 Å². The number of hydrogen-bond donors (Lipinski definition) is 1. The highest BCUT2D eigenvalue weighted by atomic mass is 15.2. The van der Waals surface area contributed by atoms with E-state index in [2.05, 4.69) is 35.7 Å². The Morgan fingerprint density at radius 1 is 1.10 bits per heavy atom. The lowest BCUT2D eigenvalue weighted by atomic mass is 9.82. The SMILES string of the molecule is CCN1CCC(CN)(N2CCC(CN(C)C)CC2)CC1. The third-order valence-electron chi connectivity index (χ3n) is 5.52. The summed E-state index contributed by atoms with van der Waals surface area (Å²) in [5.41, 5.74) is 6.50. The molecule has 2 saturated heterocycles. The first-order valence-electron chi connectivity index (χ1n) is 8.42. The molecule has 20 heavy (non-hydrogen) atoms. The molecule has 0 radical (unpaired) electrons. The molecule has 0 saturated carbocycles. The molecule has 118 valence electrons. The van der Waals surface area contributed by atoms with Gasteiger partial charge in [-0.2, -0.15) is 0 Å². The lowest BCUT2D eigenvalue weighted by Gasteiger charge is -2.50. The van der Waals surface area contributed by atoms with Crippen LogP contribution in [0.15, 0.2) is 0 Å². The van der Waals surface area contributed by atoms with Gasteiger partial charge in [0.15, 0.2) is 0 Å². The number of likely N-dealkylation sites (tertiary alicyclic amines) is 2. The zero-order valence-electron chi connectivity index (χ0n) is 13.8. The van der Waals surface area contributed by atoms with Crippen LogP contribution in [0.1, 0.15) is 32.6 Å². The van der Waals surface area contributed by atoms with Crippen molar-refractivity contribution < 1.29 is 0 Å². The highest BCUT2D eigenvalue weighted by Crippen LogP contribution is 2.32. The minimum Gasteiger partial charge on any atom is -0.329 e. The molecule has 2 fully saturated rings. The van der Waals surface area contributed by atoms with Gasteiger partial charge in [0.2, 0.25) is 0 Å². The molecule has 2 N–H and O–H groups in total. The van der Waals surface area contributed by atoms with Crippen molar-refractivity contribution in [2.75, 3.05) is 59.9 Å². The maximum Gasteiger partial charge on any atom is 0.0356 e. The highest BCUT2D eigenvalue weighted by Gasteiger charge is 2.39. The molecule has 4 heteroatoms. The van der Waals surface area contributed by atoms with E-state index >= 15 is 0 Å². The third kappa shape index (κ3) is 3.73. The summed E-state index contributed by atoms with van der Waals surface area (Å²) < 4.78 is 0. The first-order valence-corrected chi connectivity index (χ1v) is 8.42. The summed E-state index contributed by atoms with van der Waals surface area (Å²) in [5.74, 6) is 0.881. The fourth-order valence-electron chi connectivity index (χ4n) is 4.04. The number of nitrogens with two attached hydrogens (primary N) is 1. The van der Waals surface area contributed by atoms with Crippen LogP contribution in [0.3, 0.4) is 0 Å². The Morgan fingerprint density at radius 3 is 2.15 bits per heavy atom. The van der Waals surface area contributed by atoms with Crippen molar-refractivity contribution in [3.63, 3.8) is 0 Å². The summed E-state index contributed by atoms with van der Waals surface area (Å²) in [6.07, 6.45) is 5.21. The largest absolute Gasteiger partial charge is 0.329 e. The molecule has 2 heterocycles. The molecule has 0 aromatic rings. The standard InChI is InChI=1S/C16H34N4/c1-4-19-11-7-16(14-17,8-12-19)20-9-5-15(6-10-20)13-18(2)3/h15H,4-14,17H2,1-3H3. The molecule has 0 amide bonds. The molecule has 0 unspecified atom stereocenters. The van der Waals surface area contributed by atoms with Crippen LogP contribution in [-0.2, 0) is 0 Å². The maximum absolute atomic E-state index is 6.20. The summed E-state index contributed by atoms with van der Waals surface area (Å²) in [6, 6.07) is 0. The molecule has 0 aromatic heterocycles. The van der Waals surface area contributed by atoms with Gasteiger partial charge in [0, 0.05) is 18.6 Å². The van der Waals surface area contributed by atoms with Crippen molar-refractivity contribution in [3.05, 3.63) is 0 Å². The molecule has 2 aliphatic rings. The molecule has 0 atom stereocenters. The molecule has 0 aromatic carbocycles. The Hall–Kier alpha value is -0.160. The lowest BCUT2D eigenvalue weighted by molar-refractivity contribution is 0.00308. The Labute approximate surface area is 125 Å². The van der Waals surface area contributed by atoms with Gasteiger partial charge in [0.05, 0.1) is 0 Å². The zero-order valence-corrected chi connectivity index (χ0v) is 13.8. The van der Waals surface area contributed by atoms with Crippen LogP contribution in [0.5, 0.6) is 0 Å². The smallest absolute Gasteiger partial charge is 0.0356 e. The second-order valence-corrected chi connectivity index (χ2v) is 7.06. The second-order valence-electron chi connectivity index (χ2n) is 7.06. The molecular formula is C16H34N4. The summed E-state index contributed by atoms with van der Waals surface area (Å²) in [6.45, 7) is 10.5. The van der Waals surface area contributed by atoms with Gasteiger partial charge < -0.3 is 15.5 Å². The Kier molecular flexibility index (Phi) is 5.84. The van der Waals surface area contributed by atoms with Gasteiger partial charge in [-0.05, 0) is 78.4 Å². The van der Waals surface area contributed by atoms with Gasteiger partial charge in [0.25, 0.3) is 0 Å². The van der Waals surface area contributed by atoms with Gasteiger partial charge in [-0.25, -0.2) is 0 Å². The van der Waals surface area contributed by atoms with Crippen molar-refractivity contribution in [1.82, 2.24) is 14.7 Å². The molecule has 4 nitrogen and oxygen atoms in total. The monoisotopic (exact) mass is 282 g/mol. The van der Waals surface area contributed by atoms with Crippen LogP contribution in [0.2, 0.25) is 0 Å². The van der Waals surface area contributed by atoms with Crippen LogP contribution >= 0.6 is 0 Å². The third-order valence-corrected chi connectivity index (χ3v) is 5.52. The van der Waals surface area contributed by atoms with Gasteiger partial charge in [-0.1, -0.05) is 6.92 Å². The molecule has 0 bridgehead atoms. The predicted octanol–water partition coefficient (Wildman–Crippen LogP) is 1.07. The molecule has 0 aliphatic carbocycles. The van der Waals surface area contributed by atoms with Crippen LogP contribution in [-0.4, -0.2) is 80.1 Å². The van der Waals surface area contributed by atoms with Crippen LogP contribution in [0, 0.1) is 5.92 Å². The van der Waals surface area contributed by atoms with E-state index < -0.39 is 0 Å². The highest BCUT2D eigenvalue weighted by molar-refractivity contribution is 4.97. The van der Waals surface area contributed by atoms with E-state index in [9.17, 15) is 0 Å². The van der Waals surface area contributed by atoms with E-state index in [0.29, 0.717) is 5.54 Å². The van der Waals surface area contributed by atoms with E-state index in [1.807, 2.05) is 0 Å². The van der Waals surface area contributed by atoms with Crippen LogP contribution < -0.4 is 5.73 Å². The lowest BCUT2D eigenvalue weighted by Crippen LogP contribution is -2.61. The average Bonchev–Trinajstić information content (AvgIpc) is 2.47. The van der Waals surface area contributed by atoms with E-state index in [1.54, 1.807) is 0 Å². The molecule has 2 rings (SSSR count). The Bertz CT molecular complexity index is 276. The van der Waals surface area contributed by atoms with Gasteiger partial charge in [-0.15, -0.1) is 0 Å². The van der Waals surface area contributed by atoms with Crippen molar-refractivity contribution in [1.29, 1.82) is 0 Å². The Morgan fingerprint density at radius 2 is 1.70 bits per heavy atom. The first kappa shape index (κ1) is 16.2. The van der Waals surface area contributed by atoms with Crippen LogP contribution in [0.4, 0.5) is 0 Å². The minimum absolute atomic E-state index is 0.300. The quantitative estimate of drug-likeness (QED) is 0.818. The summed E-state index contributed by atoms with van der Waals surface area (Å²) >= 11 is 0. The predicted molar refractivity (Wildman–Crippen MR) is 86.0 cm³/mol. The van der Waals surface area contributed by atoms with E-state index in [1.165, 1.54) is 65.0 Å². The average molecular weight is 282 g/mol. The van der Waals surface area contributed by atoms with Crippen molar-refractivity contribution in [2.45, 2.75) is 38.1 Å². The Balaban J connectivity index is 1.87. The minimum atomic E-state index is 0.300. The topological polar surface area (TPSA) is 35.7 Å². The second kappa shape index (κ2) is 7.21. The number of nitrogens with zero attached hydrogens (tertiary/aromatic N) is 3. The van der Waals surface area contributed by atoms with Gasteiger partial charge in [0.1, 0.15) is 0 Å². The normalized spacial score (nSPS) is 26.2. The van der Waals surface area contributed by atoms with Crippen molar-refractivity contribution >= 4 is 0 Å². The summed E-state index contributed by atoms with van der Waals surface area (Å²) in [4.78, 5) is 7.62. The molecule has 0 spiro atoms. The van der Waals surface area contributed by atoms with Crippen molar-refractivity contribution in [3.8, 4) is 0 Å². The summed E-state index contributed by atoms with van der Waals surface area (Å²) in [7, 11) is 4.38. The maximum atomic E-state index is 6.20. The zero-order chi connectivity index (χ0) is 14.6. The molecular weight excluding hydrogens is 248 g/mol. The fourth-order valence-corrected chi connectivity index (χ4v) is 4.04. The summed E-state index contributed by atoms with van der Waals surface area (Å²) in [5, 5.41) is 0. The molecule has 2 aliphatic heterocycles. The number of rotatable bonds is 5. The van der Waals surface area contributed by atoms with Crippen molar-refractivity contribution in [2.24, 2.45) is 11.7 Å². The van der Waals surface area contributed by atoms with E-state index in [0.717, 1.165) is 12.5 Å². The fraction of sp³-hybridized carbons (Fsp3) is 1.00. The van der Waals surface area contributed by atoms with Crippen LogP contribution in [0.25, 0.3) is 0 Å². The van der Waals surface area contributed by atoms with Gasteiger partial charge >= 0.3 is 0 Å². The van der Waals surface area contributed by atoms with E-state index in [4.69, 9.17) is 5.73 Å². The van der Waals surface area contributed by atoms with E-state index in [-0.39, 0.29) is 0 Å².